The molecule has 6 amide bonds. The summed E-state index contributed by atoms with van der Waals surface area (Å²) in [5.41, 5.74) is -2.11. The third-order valence-corrected chi connectivity index (χ3v) is 17.4. The number of ether oxygens (including phenoxy) is 1. The Labute approximate surface area is 560 Å². The van der Waals surface area contributed by atoms with E-state index in [-0.39, 0.29) is 98.2 Å². The van der Waals surface area contributed by atoms with Gasteiger partial charge in [-0.25, -0.2) is 0 Å². The molecule has 0 saturated heterocycles. The molecule has 0 radical (unpaired) electrons. The van der Waals surface area contributed by atoms with Crippen LogP contribution in [-0.2, 0) is 62.3 Å². The van der Waals surface area contributed by atoms with E-state index in [0.717, 1.165) is 96.6 Å². The van der Waals surface area contributed by atoms with Gasteiger partial charge in [0.1, 0.15) is 34.7 Å². The summed E-state index contributed by atoms with van der Waals surface area (Å²) in [5.74, 6) is 1.87. The molecule has 0 aromatic carbocycles. The number of hydrogen-bond donors (Lipinski definition) is 6. The molecule has 540 valence electrons. The largest absolute Gasteiger partial charge is 0.379 e. The van der Waals surface area contributed by atoms with Crippen molar-refractivity contribution in [3.8, 4) is 0 Å². The second-order valence-electron chi connectivity index (χ2n) is 27.7. The summed E-state index contributed by atoms with van der Waals surface area (Å²) < 4.78 is 5.35. The van der Waals surface area contributed by atoms with Crippen LogP contribution >= 0.6 is 0 Å². The monoisotopic (exact) mass is 1310 g/mol. The second kappa shape index (κ2) is 54.1. The molecule has 19 nitrogen and oxygen atoms in total. The molecule has 0 atom stereocenters. The van der Waals surface area contributed by atoms with Crippen molar-refractivity contribution in [2.75, 3.05) is 52.5 Å². The van der Waals surface area contributed by atoms with Gasteiger partial charge in [0.05, 0.1) is 18.6 Å². The quantitative estimate of drug-likeness (QED) is 0.0310. The van der Waals surface area contributed by atoms with E-state index in [4.69, 9.17) is 4.74 Å². The lowest BCUT2D eigenvalue weighted by Gasteiger charge is -2.39. The van der Waals surface area contributed by atoms with E-state index >= 15 is 0 Å². The van der Waals surface area contributed by atoms with Gasteiger partial charge in [0.25, 0.3) is 0 Å². The van der Waals surface area contributed by atoms with Gasteiger partial charge in [-0.1, -0.05) is 151 Å². The third-order valence-electron chi connectivity index (χ3n) is 17.4. The van der Waals surface area contributed by atoms with Crippen molar-refractivity contribution in [3.63, 3.8) is 0 Å². The summed E-state index contributed by atoms with van der Waals surface area (Å²) in [6.45, 7) is 53.0. The highest BCUT2D eigenvalue weighted by atomic mass is 16.5. The van der Waals surface area contributed by atoms with Crippen LogP contribution in [0.4, 0.5) is 0 Å². The average Bonchev–Trinajstić information content (AvgIpc) is 0.835. The summed E-state index contributed by atoms with van der Waals surface area (Å²) in [7, 11) is 0. The molecule has 92 heavy (non-hydrogen) atoms. The van der Waals surface area contributed by atoms with E-state index in [2.05, 4.69) is 31.9 Å². The van der Waals surface area contributed by atoms with E-state index in [1.54, 1.807) is 41.5 Å². The summed E-state index contributed by atoms with van der Waals surface area (Å²) >= 11 is 0. The van der Waals surface area contributed by atoms with Gasteiger partial charge in [-0.15, -0.1) is 0 Å². The van der Waals surface area contributed by atoms with Crippen LogP contribution in [0.2, 0.25) is 0 Å². The first-order chi connectivity index (χ1) is 42.4. The highest BCUT2D eigenvalue weighted by Gasteiger charge is 2.42. The van der Waals surface area contributed by atoms with Gasteiger partial charge in [-0.2, -0.15) is 0 Å². The van der Waals surface area contributed by atoms with Gasteiger partial charge in [0.2, 0.25) is 35.4 Å². The van der Waals surface area contributed by atoms with Gasteiger partial charge in [0, 0.05) is 105 Å². The smallest absolute Gasteiger partial charge is 0.220 e. The Balaban J connectivity index is -0.000000242. The molecular weight excluding hydrogens is 1170 g/mol. The van der Waals surface area contributed by atoms with Crippen molar-refractivity contribution in [1.82, 2.24) is 31.9 Å². The zero-order valence-electron chi connectivity index (χ0n) is 63.6. The van der Waals surface area contributed by atoms with Crippen LogP contribution in [0.15, 0.2) is 0 Å². The standard InChI is InChI=1S/C14H27NO2.C13H25NO2.C12H23NO3.2C12H23NO2.C10H19NO2/c1-7-8-13(17)15-9-14(10(2)3,11(4)5)12(6)16;1-5-8-12(16)14-10-7-6-9-13(3,4)11(2)15;1-5-6-11(15)13-7-8-16-9-12(3,4)10(2)14;1-5-11(15)13-9-7-6-8-12(3,4)10(2)14;1-5-8-11(15)13-9-12(6-2,7-3)10(4)14;1-5-6-9(13)11-7-10(3,4)8(2)12/h10-11H,7-9H2,1-6H3,(H,15,17);5-10H2,1-4H3,(H,14,16);5-9H2,1-4H3,(H,13,15);2*5-9H2,1-4H3,(H,13,15);5-7H2,1-4H3,(H,11,13). The number of unbranched alkanes of at least 4 members (excludes halogenated alkanes) is 2. The Morgan fingerprint density at radius 3 is 0.924 bits per heavy atom. The van der Waals surface area contributed by atoms with Crippen molar-refractivity contribution in [2.45, 2.75) is 302 Å². The molecule has 0 aliphatic rings. The molecule has 0 aromatic heterocycles. The predicted octanol–water partition coefficient (Wildman–Crippen LogP) is 13.1. The third kappa shape index (κ3) is 48.5. The number of carbonyl (C=O) groups excluding carboxylic acids is 12. The molecule has 6 N–H and O–H groups in total. The first-order valence-electron chi connectivity index (χ1n) is 34.6. The maximum absolute atomic E-state index is 12.0. The van der Waals surface area contributed by atoms with Gasteiger partial charge >= 0.3 is 0 Å². The zero-order chi connectivity index (χ0) is 73.1. The molecule has 0 fully saturated rings. The zero-order valence-corrected chi connectivity index (χ0v) is 63.6. The number of ketones is 6. The lowest BCUT2D eigenvalue weighted by Crippen LogP contribution is -2.49. The fourth-order valence-electron chi connectivity index (χ4n) is 8.68. The van der Waals surface area contributed by atoms with Gasteiger partial charge in [-0.05, 0) is 124 Å². The van der Waals surface area contributed by atoms with E-state index in [9.17, 15) is 57.5 Å². The van der Waals surface area contributed by atoms with Crippen LogP contribution < -0.4 is 31.9 Å². The summed E-state index contributed by atoms with van der Waals surface area (Å²) in [6, 6.07) is 0. The lowest BCUT2D eigenvalue weighted by molar-refractivity contribution is -0.133. The molecule has 19 heteroatoms. The Kier molecular flexibility index (Phi) is 57.5. The SMILES string of the molecule is CCC(=O)NCCCCC(C)(C)C(C)=O.CCCC(=O)NCC(C(C)=O)(C(C)C)C(C)C.CCCC(=O)NCC(C)(C)C(C)=O.CCCC(=O)NCC(CC)(CC)C(C)=O.CCCC(=O)NCCCCC(C)(C)C(C)=O.CCCC(=O)NCCOCC(C)(C)C(C)=O. The number of nitrogens with one attached hydrogen (secondary N) is 6. The molecule has 0 bridgehead atoms. The molecule has 0 spiro atoms. The van der Waals surface area contributed by atoms with Gasteiger partial charge in [0.15, 0.2) is 0 Å². The van der Waals surface area contributed by atoms with E-state index in [0.29, 0.717) is 77.9 Å². The van der Waals surface area contributed by atoms with Crippen molar-refractivity contribution in [3.05, 3.63) is 0 Å². The average molecular weight is 1310 g/mol. The van der Waals surface area contributed by atoms with Crippen molar-refractivity contribution in [1.29, 1.82) is 0 Å². The minimum Gasteiger partial charge on any atom is -0.379 e. The maximum Gasteiger partial charge on any atom is 0.220 e. The molecule has 0 heterocycles. The van der Waals surface area contributed by atoms with Gasteiger partial charge in [-0.3, -0.25) is 57.5 Å². The summed E-state index contributed by atoms with van der Waals surface area (Å²) in [6.07, 6.45) is 14.8. The summed E-state index contributed by atoms with van der Waals surface area (Å²) in [5, 5.41) is 17.0. The van der Waals surface area contributed by atoms with Crippen molar-refractivity contribution < 1.29 is 62.3 Å². The number of rotatable bonds is 42. The topological polar surface area (TPSA) is 286 Å². The van der Waals surface area contributed by atoms with Gasteiger partial charge < -0.3 is 36.6 Å². The fourth-order valence-corrected chi connectivity index (χ4v) is 8.68. The van der Waals surface area contributed by atoms with Crippen LogP contribution in [0.5, 0.6) is 0 Å². The molecular formula is C73H140N6O13. The van der Waals surface area contributed by atoms with Crippen LogP contribution in [0.25, 0.3) is 0 Å². The van der Waals surface area contributed by atoms with Crippen LogP contribution in [0.1, 0.15) is 302 Å². The Morgan fingerprint density at radius 2 is 0.641 bits per heavy atom. The van der Waals surface area contributed by atoms with Crippen LogP contribution in [-0.4, -0.2) is 123 Å². The normalized spacial score (nSPS) is 11.3. The second-order valence-corrected chi connectivity index (χ2v) is 27.7. The lowest BCUT2D eigenvalue weighted by atomic mass is 9.66. The molecule has 0 rings (SSSR count). The number of hydrogen-bond acceptors (Lipinski definition) is 13. The molecule has 0 aromatic rings. The highest BCUT2D eigenvalue weighted by molar-refractivity contribution is 5.86. The minimum absolute atomic E-state index is 0.0248. The summed E-state index contributed by atoms with van der Waals surface area (Å²) in [4.78, 5) is 135. The highest BCUT2D eigenvalue weighted by Crippen LogP contribution is 2.36. The van der Waals surface area contributed by atoms with E-state index < -0.39 is 16.2 Å². The van der Waals surface area contributed by atoms with Crippen LogP contribution in [0.3, 0.4) is 0 Å². The minimum atomic E-state index is -0.441. The first-order valence-corrected chi connectivity index (χ1v) is 34.6. The molecule has 0 aliphatic heterocycles. The molecule has 0 saturated carbocycles. The van der Waals surface area contributed by atoms with Crippen molar-refractivity contribution in [2.24, 2.45) is 44.3 Å². The predicted molar refractivity (Wildman–Crippen MR) is 376 cm³/mol. The fraction of sp³-hybridized carbons (Fsp3) is 0.836. The maximum atomic E-state index is 12.0. The van der Waals surface area contributed by atoms with Crippen molar-refractivity contribution >= 4 is 70.1 Å². The molecule has 0 unspecified atom stereocenters. The Bertz CT molecular complexity index is 2080. The van der Waals surface area contributed by atoms with E-state index in [1.807, 2.05) is 138 Å². The number of carbonyl (C=O) groups is 12. The molecule has 0 aliphatic carbocycles. The number of Topliss-reactive ketones (excluding diaryl/α,β-unsaturated/α-hetero) is 6. The first kappa shape index (κ1) is 97.9. The van der Waals surface area contributed by atoms with E-state index in [1.165, 1.54) is 0 Å². The number of amides is 6. The Morgan fingerprint density at radius 1 is 0.337 bits per heavy atom. The van der Waals surface area contributed by atoms with Crippen LogP contribution in [0, 0.1) is 44.3 Å². The Hall–Kier alpha value is -5.20.